The Bertz CT molecular complexity index is 1060. The number of carbonyl (C=O) groups excluding carboxylic acids is 1. The van der Waals surface area contributed by atoms with Crippen LogP contribution in [0.15, 0.2) is 60.0 Å². The van der Waals surface area contributed by atoms with Crippen LogP contribution >= 0.6 is 0 Å². The van der Waals surface area contributed by atoms with Crippen LogP contribution in [0.5, 0.6) is 0 Å². The van der Waals surface area contributed by atoms with Crippen molar-refractivity contribution in [3.8, 4) is 5.69 Å². The van der Waals surface area contributed by atoms with Crippen LogP contribution < -0.4 is 5.32 Å². The summed E-state index contributed by atoms with van der Waals surface area (Å²) in [4.78, 5) is 16.5. The molecule has 1 N–H and O–H groups in total. The van der Waals surface area contributed by atoms with E-state index in [0.717, 1.165) is 9.99 Å². The Kier molecular flexibility index (Phi) is 5.06. The number of benzene rings is 2. The van der Waals surface area contributed by atoms with E-state index in [9.17, 15) is 13.2 Å². The first-order valence-electron chi connectivity index (χ1n) is 8.08. The molecule has 0 radical (unpaired) electrons. The van der Waals surface area contributed by atoms with Crippen LogP contribution in [0.1, 0.15) is 15.9 Å². The molecule has 2 aromatic carbocycles. The van der Waals surface area contributed by atoms with Crippen molar-refractivity contribution in [3.05, 3.63) is 66.2 Å². The predicted octanol–water partition coefficient (Wildman–Crippen LogP) is 2.08. The van der Waals surface area contributed by atoms with E-state index < -0.39 is 10.0 Å². The Morgan fingerprint density at radius 2 is 1.81 bits per heavy atom. The average Bonchev–Trinajstić information content (AvgIpc) is 3.18. The zero-order valence-corrected chi connectivity index (χ0v) is 15.9. The molecule has 1 aromatic heterocycles. The third-order valence-electron chi connectivity index (χ3n) is 4.02. The summed E-state index contributed by atoms with van der Waals surface area (Å²) in [5.41, 5.74) is 2.24. The molecular weight excluding hydrogens is 366 g/mol. The first kappa shape index (κ1) is 18.7. The van der Waals surface area contributed by atoms with Crippen molar-refractivity contribution in [2.75, 3.05) is 19.4 Å². The first-order valence-corrected chi connectivity index (χ1v) is 9.52. The molecule has 0 atom stereocenters. The van der Waals surface area contributed by atoms with Crippen molar-refractivity contribution in [1.29, 1.82) is 0 Å². The minimum Gasteiger partial charge on any atom is -0.322 e. The monoisotopic (exact) mass is 385 g/mol. The molecule has 9 heteroatoms. The minimum atomic E-state index is -3.59. The molecule has 0 aliphatic rings. The van der Waals surface area contributed by atoms with Crippen LogP contribution in [0.25, 0.3) is 5.69 Å². The lowest BCUT2D eigenvalue weighted by Gasteiger charge is -2.15. The van der Waals surface area contributed by atoms with Gasteiger partial charge in [-0.15, -0.1) is 0 Å². The number of rotatable bonds is 5. The standard InChI is InChI=1S/C18H19N5O3S/c1-13-4-7-15(10-17(13)27(25,26)22(2)3)21-18(24)14-5-8-16(9-6-14)23-12-19-11-20-23/h4-12H,1-3H3,(H,21,24). The quantitative estimate of drug-likeness (QED) is 0.725. The van der Waals surface area contributed by atoms with Gasteiger partial charge in [-0.3, -0.25) is 4.79 Å². The van der Waals surface area contributed by atoms with Crippen molar-refractivity contribution in [1.82, 2.24) is 19.1 Å². The Morgan fingerprint density at radius 3 is 2.41 bits per heavy atom. The van der Waals surface area contributed by atoms with Gasteiger partial charge in [0, 0.05) is 25.3 Å². The molecule has 0 saturated carbocycles. The Morgan fingerprint density at radius 1 is 1.11 bits per heavy atom. The average molecular weight is 385 g/mol. The first-order chi connectivity index (χ1) is 12.8. The lowest BCUT2D eigenvalue weighted by atomic mass is 10.1. The number of aromatic nitrogens is 3. The van der Waals surface area contributed by atoms with Gasteiger partial charge >= 0.3 is 0 Å². The van der Waals surface area contributed by atoms with Gasteiger partial charge in [0.05, 0.1) is 10.6 Å². The van der Waals surface area contributed by atoms with Crippen molar-refractivity contribution >= 4 is 21.6 Å². The lowest BCUT2D eigenvalue weighted by Crippen LogP contribution is -2.23. The smallest absolute Gasteiger partial charge is 0.255 e. The van der Waals surface area contributed by atoms with Gasteiger partial charge in [-0.1, -0.05) is 6.07 Å². The highest BCUT2D eigenvalue weighted by atomic mass is 32.2. The number of sulfonamides is 1. The third-order valence-corrected chi connectivity index (χ3v) is 5.97. The van der Waals surface area contributed by atoms with Gasteiger partial charge in [-0.2, -0.15) is 5.10 Å². The van der Waals surface area contributed by atoms with Crippen LogP contribution in [-0.4, -0.2) is 47.5 Å². The number of amides is 1. The zero-order valence-electron chi connectivity index (χ0n) is 15.1. The summed E-state index contributed by atoms with van der Waals surface area (Å²) in [7, 11) is -0.657. The summed E-state index contributed by atoms with van der Waals surface area (Å²) in [5, 5.41) is 6.76. The second-order valence-corrected chi connectivity index (χ2v) is 8.23. The fraction of sp³-hybridized carbons (Fsp3) is 0.167. The molecule has 1 amide bonds. The fourth-order valence-electron chi connectivity index (χ4n) is 2.46. The van der Waals surface area contributed by atoms with Crippen LogP contribution in [0.3, 0.4) is 0 Å². The van der Waals surface area contributed by atoms with E-state index in [1.54, 1.807) is 54.3 Å². The highest BCUT2D eigenvalue weighted by molar-refractivity contribution is 7.89. The van der Waals surface area contributed by atoms with E-state index in [1.165, 1.54) is 26.5 Å². The van der Waals surface area contributed by atoms with Crippen LogP contribution in [0.4, 0.5) is 5.69 Å². The number of nitrogens with zero attached hydrogens (tertiary/aromatic N) is 4. The SMILES string of the molecule is Cc1ccc(NC(=O)c2ccc(-n3cncn3)cc2)cc1S(=O)(=O)N(C)C. The molecule has 0 spiro atoms. The van der Waals surface area contributed by atoms with Gasteiger partial charge in [0.15, 0.2) is 0 Å². The topological polar surface area (TPSA) is 97.2 Å². The maximum Gasteiger partial charge on any atom is 0.255 e. The van der Waals surface area contributed by atoms with Gasteiger partial charge in [0.25, 0.3) is 5.91 Å². The van der Waals surface area contributed by atoms with Crippen LogP contribution in [0.2, 0.25) is 0 Å². The molecule has 0 bridgehead atoms. The van der Waals surface area contributed by atoms with E-state index in [2.05, 4.69) is 15.4 Å². The maximum absolute atomic E-state index is 12.5. The molecule has 0 aliphatic carbocycles. The molecule has 1 heterocycles. The summed E-state index contributed by atoms with van der Waals surface area (Å²) in [6, 6.07) is 11.6. The van der Waals surface area contributed by atoms with Gasteiger partial charge in [0.1, 0.15) is 12.7 Å². The van der Waals surface area contributed by atoms with Gasteiger partial charge in [-0.05, 0) is 48.9 Å². The number of aryl methyl sites for hydroxylation is 1. The molecule has 3 rings (SSSR count). The van der Waals surface area contributed by atoms with Crippen molar-refractivity contribution in [2.45, 2.75) is 11.8 Å². The second-order valence-electron chi connectivity index (χ2n) is 6.11. The van der Waals surface area contributed by atoms with E-state index in [-0.39, 0.29) is 10.8 Å². The van der Waals surface area contributed by atoms with Crippen LogP contribution in [-0.2, 0) is 10.0 Å². The van der Waals surface area contributed by atoms with E-state index in [0.29, 0.717) is 16.8 Å². The molecule has 0 saturated heterocycles. The molecule has 8 nitrogen and oxygen atoms in total. The number of anilines is 1. The number of hydrogen-bond acceptors (Lipinski definition) is 5. The van der Waals surface area contributed by atoms with Crippen molar-refractivity contribution < 1.29 is 13.2 Å². The molecule has 0 aliphatic heterocycles. The number of carbonyl (C=O) groups is 1. The van der Waals surface area contributed by atoms with E-state index >= 15 is 0 Å². The van der Waals surface area contributed by atoms with Crippen molar-refractivity contribution in [3.63, 3.8) is 0 Å². The van der Waals surface area contributed by atoms with E-state index in [1.807, 2.05) is 0 Å². The minimum absolute atomic E-state index is 0.159. The molecule has 0 fully saturated rings. The summed E-state index contributed by atoms with van der Waals surface area (Å²) in [6.45, 7) is 1.71. The molecule has 0 unspecified atom stereocenters. The normalized spacial score (nSPS) is 11.6. The molecular formula is C18H19N5O3S. The molecule has 27 heavy (non-hydrogen) atoms. The van der Waals surface area contributed by atoms with E-state index in [4.69, 9.17) is 0 Å². The second kappa shape index (κ2) is 7.29. The van der Waals surface area contributed by atoms with Gasteiger partial charge in [0.2, 0.25) is 10.0 Å². The predicted molar refractivity (Wildman–Crippen MR) is 101 cm³/mol. The zero-order chi connectivity index (χ0) is 19.6. The maximum atomic E-state index is 12.5. The third kappa shape index (κ3) is 3.88. The molecule has 140 valence electrons. The Balaban J connectivity index is 1.82. The number of hydrogen-bond donors (Lipinski definition) is 1. The summed E-state index contributed by atoms with van der Waals surface area (Å²) in [6.07, 6.45) is 2.99. The lowest BCUT2D eigenvalue weighted by molar-refractivity contribution is 0.102. The van der Waals surface area contributed by atoms with Crippen LogP contribution in [0, 0.1) is 6.92 Å². The Hall–Kier alpha value is -3.04. The highest BCUT2D eigenvalue weighted by Crippen LogP contribution is 2.23. The Labute approximate surface area is 157 Å². The summed E-state index contributed by atoms with van der Waals surface area (Å²) in [5.74, 6) is -0.336. The highest BCUT2D eigenvalue weighted by Gasteiger charge is 2.20. The van der Waals surface area contributed by atoms with Gasteiger partial charge in [-0.25, -0.2) is 22.4 Å². The number of nitrogens with one attached hydrogen (secondary N) is 1. The van der Waals surface area contributed by atoms with Crippen molar-refractivity contribution in [2.24, 2.45) is 0 Å². The van der Waals surface area contributed by atoms with Gasteiger partial charge < -0.3 is 5.32 Å². The largest absolute Gasteiger partial charge is 0.322 e. The molecule has 3 aromatic rings. The summed E-state index contributed by atoms with van der Waals surface area (Å²) < 4.78 is 27.5. The summed E-state index contributed by atoms with van der Waals surface area (Å²) >= 11 is 0. The fourth-order valence-corrected chi connectivity index (χ4v) is 3.61.